The molecule has 0 saturated carbocycles. The Morgan fingerprint density at radius 1 is 0.667 bits per heavy atom. The van der Waals surface area contributed by atoms with Gasteiger partial charge in [0, 0.05) is 0 Å². The summed E-state index contributed by atoms with van der Waals surface area (Å²) < 4.78 is 0. The third-order valence-corrected chi connectivity index (χ3v) is 10.7. The van der Waals surface area contributed by atoms with E-state index in [2.05, 4.69) is 103 Å². The normalized spacial score (nSPS) is 12.1. The number of carboxylic acids is 1. The molecule has 0 radical (unpaired) electrons. The van der Waals surface area contributed by atoms with Gasteiger partial charge in [0.2, 0.25) is 0 Å². The van der Waals surface area contributed by atoms with Gasteiger partial charge in [-0.05, 0) is 0 Å². The maximum absolute atomic E-state index is 10.6. The molecule has 30 heavy (non-hydrogen) atoms. The molecular formula is C27H31O2P. The molecule has 2 nitrogen and oxygen atoms in total. The van der Waals surface area contributed by atoms with Crippen LogP contribution >= 0.6 is 7.26 Å². The zero-order valence-corrected chi connectivity index (χ0v) is 18.4. The molecule has 3 rings (SSSR count). The summed E-state index contributed by atoms with van der Waals surface area (Å²) in [6, 6.07) is 33.0. The van der Waals surface area contributed by atoms with Crippen LogP contribution < -0.4 is 15.9 Å². The first-order valence-corrected chi connectivity index (χ1v) is 13.0. The second kappa shape index (κ2) is 11.5. The summed E-state index contributed by atoms with van der Waals surface area (Å²) in [7, 11) is -2.14. The van der Waals surface area contributed by atoms with E-state index < -0.39 is 13.2 Å². The van der Waals surface area contributed by atoms with Gasteiger partial charge in [-0.2, -0.15) is 0 Å². The predicted molar refractivity (Wildman–Crippen MR) is 131 cm³/mol. The summed E-state index contributed by atoms with van der Waals surface area (Å²) >= 11 is 0. The van der Waals surface area contributed by atoms with Crippen molar-refractivity contribution in [3.63, 3.8) is 0 Å². The number of hydrogen-bond acceptors (Lipinski definition) is 1. The molecule has 0 amide bonds. The summed E-state index contributed by atoms with van der Waals surface area (Å²) in [5.74, 6) is -0.705. The Morgan fingerprint density at radius 2 is 1.10 bits per heavy atom. The molecule has 0 aliphatic heterocycles. The van der Waals surface area contributed by atoms with E-state index in [1.165, 1.54) is 15.9 Å². The van der Waals surface area contributed by atoms with Gasteiger partial charge in [0.25, 0.3) is 0 Å². The van der Waals surface area contributed by atoms with Crippen molar-refractivity contribution in [3.05, 3.63) is 103 Å². The minimum absolute atomic E-state index is 0.264. The van der Waals surface area contributed by atoms with Crippen LogP contribution in [0.5, 0.6) is 0 Å². The van der Waals surface area contributed by atoms with Crippen molar-refractivity contribution < 1.29 is 9.90 Å². The third-order valence-electron chi connectivity index (χ3n) is 5.66. The summed E-state index contributed by atoms with van der Waals surface area (Å²) in [6.07, 6.45) is 9.53. The molecule has 3 aromatic carbocycles. The molecule has 3 aromatic rings. The summed E-state index contributed by atoms with van der Waals surface area (Å²) in [6.45, 7) is 0. The van der Waals surface area contributed by atoms with E-state index in [4.69, 9.17) is 5.11 Å². The van der Waals surface area contributed by atoms with Crippen molar-refractivity contribution in [1.82, 2.24) is 0 Å². The second-order valence-corrected chi connectivity index (χ2v) is 11.7. The molecule has 1 N–H and O–H groups in total. The SMILES string of the molecule is O=C(O)CCCC/C=C\CC[PH](c1ccccc1)(c1ccccc1)c1ccccc1. The first-order chi connectivity index (χ1) is 14.7. The number of unbranched alkanes of at least 4 members (excludes halogenated alkanes) is 2. The molecule has 0 aliphatic rings. The van der Waals surface area contributed by atoms with Crippen molar-refractivity contribution in [3.8, 4) is 0 Å². The summed E-state index contributed by atoms with van der Waals surface area (Å²) in [4.78, 5) is 10.6. The molecule has 0 aliphatic carbocycles. The number of hydrogen-bond donors (Lipinski definition) is 1. The fourth-order valence-corrected chi connectivity index (χ4v) is 8.93. The molecule has 0 fully saturated rings. The quantitative estimate of drug-likeness (QED) is 0.261. The molecule has 0 aromatic heterocycles. The number of benzene rings is 3. The standard InChI is InChI=1S/C27H31O2P/c28-27(29)22-14-3-1-2-4-15-23-30(24-16-8-5-9-17-24,25-18-10-6-11-19-25)26-20-12-7-13-21-26/h2,4-13,16-21,30H,1,3,14-15,22-23H2,(H,28,29)/b4-2-. The fourth-order valence-electron chi connectivity index (χ4n) is 4.17. The Bertz CT molecular complexity index is 824. The number of carbonyl (C=O) groups is 1. The first-order valence-electron chi connectivity index (χ1n) is 10.8. The van der Waals surface area contributed by atoms with Crippen molar-refractivity contribution in [2.75, 3.05) is 6.16 Å². The average Bonchev–Trinajstić information content (AvgIpc) is 2.80. The van der Waals surface area contributed by atoms with Gasteiger partial charge in [-0.3, -0.25) is 0 Å². The molecule has 0 bridgehead atoms. The second-order valence-electron chi connectivity index (χ2n) is 7.65. The number of carboxylic acid groups (broad SMARTS) is 1. The third kappa shape index (κ3) is 5.68. The Morgan fingerprint density at radius 3 is 1.53 bits per heavy atom. The monoisotopic (exact) mass is 418 g/mol. The Balaban J connectivity index is 1.85. The number of rotatable bonds is 11. The van der Waals surface area contributed by atoms with Gasteiger partial charge in [0.05, 0.1) is 0 Å². The zero-order valence-electron chi connectivity index (χ0n) is 17.4. The van der Waals surface area contributed by atoms with Crippen LogP contribution in [-0.4, -0.2) is 17.2 Å². The molecular weight excluding hydrogens is 387 g/mol. The molecule has 0 heterocycles. The van der Waals surface area contributed by atoms with E-state index in [0.29, 0.717) is 0 Å². The predicted octanol–water partition coefficient (Wildman–Crippen LogP) is 5.30. The van der Waals surface area contributed by atoms with E-state index in [9.17, 15) is 4.79 Å². The van der Waals surface area contributed by atoms with E-state index >= 15 is 0 Å². The summed E-state index contributed by atoms with van der Waals surface area (Å²) in [5, 5.41) is 13.1. The van der Waals surface area contributed by atoms with Crippen molar-refractivity contribution >= 4 is 29.1 Å². The molecule has 3 heteroatoms. The number of aliphatic carboxylic acids is 1. The zero-order chi connectivity index (χ0) is 21.1. The van der Waals surface area contributed by atoms with Crippen LogP contribution in [-0.2, 0) is 4.79 Å². The Hall–Kier alpha value is -2.70. The minimum atomic E-state index is -2.14. The van der Waals surface area contributed by atoms with Crippen molar-refractivity contribution in [2.24, 2.45) is 0 Å². The topological polar surface area (TPSA) is 37.3 Å². The molecule has 0 spiro atoms. The molecule has 0 saturated heterocycles. The van der Waals surface area contributed by atoms with E-state index in [0.717, 1.165) is 31.8 Å². The molecule has 0 atom stereocenters. The van der Waals surface area contributed by atoms with Crippen LogP contribution in [0, 0.1) is 0 Å². The van der Waals surface area contributed by atoms with Gasteiger partial charge in [-0.25, -0.2) is 0 Å². The molecule has 0 unspecified atom stereocenters. The molecule has 156 valence electrons. The van der Waals surface area contributed by atoms with Gasteiger partial charge in [-0.1, -0.05) is 0 Å². The van der Waals surface area contributed by atoms with Gasteiger partial charge in [0.15, 0.2) is 0 Å². The van der Waals surface area contributed by atoms with E-state index in [1.54, 1.807) is 0 Å². The van der Waals surface area contributed by atoms with Crippen LogP contribution in [0.3, 0.4) is 0 Å². The van der Waals surface area contributed by atoms with Crippen LogP contribution in [0.25, 0.3) is 0 Å². The van der Waals surface area contributed by atoms with Gasteiger partial charge in [0.1, 0.15) is 0 Å². The number of allylic oxidation sites excluding steroid dienone is 2. The van der Waals surface area contributed by atoms with Crippen LogP contribution in [0.4, 0.5) is 0 Å². The summed E-state index contributed by atoms with van der Waals surface area (Å²) in [5.41, 5.74) is 0. The van der Waals surface area contributed by atoms with Crippen molar-refractivity contribution in [1.29, 1.82) is 0 Å². The van der Waals surface area contributed by atoms with Gasteiger partial charge < -0.3 is 0 Å². The van der Waals surface area contributed by atoms with E-state index in [-0.39, 0.29) is 6.42 Å². The first kappa shape index (κ1) is 22.0. The van der Waals surface area contributed by atoms with E-state index in [1.807, 2.05) is 0 Å². The van der Waals surface area contributed by atoms with Gasteiger partial charge >= 0.3 is 180 Å². The van der Waals surface area contributed by atoms with Crippen molar-refractivity contribution in [2.45, 2.75) is 32.1 Å². The van der Waals surface area contributed by atoms with Crippen LogP contribution in [0.1, 0.15) is 32.1 Å². The fraction of sp³-hybridized carbons (Fsp3) is 0.222. The maximum atomic E-state index is 10.6. The van der Waals surface area contributed by atoms with Crippen LogP contribution in [0.2, 0.25) is 0 Å². The van der Waals surface area contributed by atoms with Crippen LogP contribution in [0.15, 0.2) is 103 Å². The Kier molecular flexibility index (Phi) is 8.41. The average molecular weight is 419 g/mol. The van der Waals surface area contributed by atoms with Gasteiger partial charge in [-0.15, -0.1) is 0 Å². The Labute approximate surface area is 180 Å².